The lowest BCUT2D eigenvalue weighted by Gasteiger charge is -2.33. The van der Waals surface area contributed by atoms with Gasteiger partial charge in [0.15, 0.2) is 0 Å². The molecule has 4 heteroatoms. The number of hydrogen-bond donors (Lipinski definition) is 0. The summed E-state index contributed by atoms with van der Waals surface area (Å²) in [6, 6.07) is 23.1. The van der Waals surface area contributed by atoms with E-state index in [2.05, 4.69) is 60.8 Å². The second kappa shape index (κ2) is 6.48. The monoisotopic (exact) mass is 401 g/mol. The van der Waals surface area contributed by atoms with E-state index in [1.165, 1.54) is 34.9 Å². The number of fused-ring (bicyclic) bond motifs is 5. The summed E-state index contributed by atoms with van der Waals surface area (Å²) in [6.07, 6.45) is 6.85. The fourth-order valence-electron chi connectivity index (χ4n) is 5.35. The van der Waals surface area contributed by atoms with Crippen LogP contribution in [0.15, 0.2) is 72.9 Å². The number of para-hydroxylation sites is 2. The molecule has 0 bridgehead atoms. The quantitative estimate of drug-likeness (QED) is 0.384. The molecule has 0 saturated heterocycles. The molecule has 3 aromatic carbocycles. The Balaban J connectivity index is 1.47. The van der Waals surface area contributed by atoms with Crippen LogP contribution >= 0.6 is 0 Å². The van der Waals surface area contributed by atoms with Crippen molar-refractivity contribution in [2.24, 2.45) is 0 Å². The van der Waals surface area contributed by atoms with Crippen LogP contribution in [0.4, 0.5) is 0 Å². The van der Waals surface area contributed by atoms with Gasteiger partial charge in [-0.2, -0.15) is 0 Å². The first-order valence-corrected chi connectivity index (χ1v) is 11.1. The predicted molar refractivity (Wildman–Crippen MR) is 124 cm³/mol. The Morgan fingerprint density at radius 1 is 0.710 bits per heavy atom. The summed E-state index contributed by atoms with van der Waals surface area (Å²) in [5, 5.41) is 0. The minimum absolute atomic E-state index is 0.0949. The highest BCUT2D eigenvalue weighted by Gasteiger charge is 2.41. The molecule has 0 atom stereocenters. The lowest BCUT2D eigenvalue weighted by atomic mass is 9.34. The van der Waals surface area contributed by atoms with E-state index in [1.54, 1.807) is 0 Å². The molecule has 1 aromatic heterocycles. The van der Waals surface area contributed by atoms with Gasteiger partial charge in [-0.1, -0.05) is 36.4 Å². The second-order valence-corrected chi connectivity index (χ2v) is 8.61. The number of rotatable bonds is 1. The van der Waals surface area contributed by atoms with Gasteiger partial charge in [0.2, 0.25) is 0 Å². The standard InChI is InChI=1S/C27H20BNO2/c1-2-8-18-16-29-22(15-17(18)7-1)19-13-14-25-26-27(19)31-24-12-6-4-10-21(24)28(26)20-9-3-5-11-23(20)30-25/h3-6,9-16H,1-2,7-8H2. The van der Waals surface area contributed by atoms with E-state index < -0.39 is 0 Å². The third-order valence-electron chi connectivity index (χ3n) is 6.84. The minimum atomic E-state index is 0.0949. The molecule has 3 nitrogen and oxygen atoms in total. The van der Waals surface area contributed by atoms with E-state index in [0.29, 0.717) is 0 Å². The SMILES string of the molecule is c1ccc2c(c1)Oc1ccc(-c3cc4c(cn3)CCCC4)c3c1B2c1ccccc1O3. The molecule has 0 unspecified atom stereocenters. The van der Waals surface area contributed by atoms with Crippen LogP contribution < -0.4 is 25.9 Å². The van der Waals surface area contributed by atoms with Gasteiger partial charge in [-0.3, -0.25) is 4.98 Å². The molecule has 1 aliphatic carbocycles. The Kier molecular flexibility index (Phi) is 3.59. The highest BCUT2D eigenvalue weighted by atomic mass is 16.5. The van der Waals surface area contributed by atoms with Crippen LogP contribution in [-0.4, -0.2) is 11.7 Å². The molecule has 0 spiro atoms. The number of aromatic nitrogens is 1. The molecule has 4 aromatic rings. The Bertz CT molecular complexity index is 1350. The van der Waals surface area contributed by atoms with E-state index in [1.807, 2.05) is 12.1 Å². The van der Waals surface area contributed by atoms with Gasteiger partial charge in [0.25, 0.3) is 6.71 Å². The van der Waals surface area contributed by atoms with Gasteiger partial charge in [-0.25, -0.2) is 0 Å². The molecule has 31 heavy (non-hydrogen) atoms. The molecule has 7 rings (SSSR count). The number of hydrogen-bond acceptors (Lipinski definition) is 3. The number of aryl methyl sites for hydroxylation is 2. The highest BCUT2D eigenvalue weighted by molar-refractivity contribution is 6.98. The molecule has 2 aliphatic heterocycles. The third kappa shape index (κ3) is 2.51. The molecule has 0 N–H and O–H groups in total. The summed E-state index contributed by atoms with van der Waals surface area (Å²) in [7, 11) is 0. The molecule has 3 aliphatic rings. The zero-order valence-corrected chi connectivity index (χ0v) is 17.1. The number of ether oxygens (including phenoxy) is 2. The fourth-order valence-corrected chi connectivity index (χ4v) is 5.35. The van der Waals surface area contributed by atoms with Crippen molar-refractivity contribution in [3.63, 3.8) is 0 Å². The average molecular weight is 401 g/mol. The second-order valence-electron chi connectivity index (χ2n) is 8.61. The summed E-state index contributed by atoms with van der Waals surface area (Å²) >= 11 is 0. The molecule has 3 heterocycles. The van der Waals surface area contributed by atoms with Crippen molar-refractivity contribution in [3.8, 4) is 34.3 Å². The normalized spacial score (nSPS) is 15.0. The lowest BCUT2D eigenvalue weighted by Crippen LogP contribution is -2.57. The van der Waals surface area contributed by atoms with Gasteiger partial charge >= 0.3 is 0 Å². The average Bonchev–Trinajstić information content (AvgIpc) is 2.83. The van der Waals surface area contributed by atoms with Crippen molar-refractivity contribution in [1.29, 1.82) is 0 Å². The molecule has 148 valence electrons. The largest absolute Gasteiger partial charge is 0.458 e. The number of benzene rings is 3. The summed E-state index contributed by atoms with van der Waals surface area (Å²) in [5.74, 6) is 3.57. The molecule has 0 saturated carbocycles. The van der Waals surface area contributed by atoms with Crippen molar-refractivity contribution in [1.82, 2.24) is 4.98 Å². The maximum absolute atomic E-state index is 6.55. The van der Waals surface area contributed by atoms with Crippen molar-refractivity contribution in [2.75, 3.05) is 0 Å². The van der Waals surface area contributed by atoms with Crippen molar-refractivity contribution >= 4 is 23.1 Å². The van der Waals surface area contributed by atoms with Crippen molar-refractivity contribution < 1.29 is 9.47 Å². The molecule has 0 radical (unpaired) electrons. The van der Waals surface area contributed by atoms with Gasteiger partial charge < -0.3 is 9.47 Å². The van der Waals surface area contributed by atoms with E-state index in [4.69, 9.17) is 14.5 Å². The number of nitrogens with zero attached hydrogens (tertiary/aromatic N) is 1. The zero-order chi connectivity index (χ0) is 20.4. The maximum Gasteiger partial charge on any atom is 0.260 e. The Labute approximate surface area is 181 Å². The summed E-state index contributed by atoms with van der Waals surface area (Å²) in [6.45, 7) is 0.0949. The smallest absolute Gasteiger partial charge is 0.260 e. The van der Waals surface area contributed by atoms with Crippen LogP contribution in [0.3, 0.4) is 0 Å². The molecule has 0 amide bonds. The number of pyridine rings is 1. The first-order chi connectivity index (χ1) is 15.4. The van der Waals surface area contributed by atoms with Gasteiger partial charge in [0.1, 0.15) is 23.0 Å². The first kappa shape index (κ1) is 17.2. The van der Waals surface area contributed by atoms with E-state index in [0.717, 1.165) is 52.6 Å². The topological polar surface area (TPSA) is 31.4 Å². The van der Waals surface area contributed by atoms with Crippen LogP contribution in [0.2, 0.25) is 0 Å². The minimum Gasteiger partial charge on any atom is -0.458 e. The Morgan fingerprint density at radius 3 is 2.23 bits per heavy atom. The van der Waals surface area contributed by atoms with Crippen LogP contribution in [0.25, 0.3) is 11.3 Å². The highest BCUT2D eigenvalue weighted by Crippen LogP contribution is 2.40. The Morgan fingerprint density at radius 2 is 1.42 bits per heavy atom. The predicted octanol–water partition coefficient (Wildman–Crippen LogP) is 4.36. The van der Waals surface area contributed by atoms with Crippen LogP contribution in [0.1, 0.15) is 24.0 Å². The van der Waals surface area contributed by atoms with Crippen LogP contribution in [0.5, 0.6) is 23.0 Å². The lowest BCUT2D eigenvalue weighted by molar-refractivity contribution is 0.465. The van der Waals surface area contributed by atoms with Crippen LogP contribution in [0, 0.1) is 0 Å². The summed E-state index contributed by atoms with van der Waals surface area (Å²) < 4.78 is 12.9. The van der Waals surface area contributed by atoms with E-state index >= 15 is 0 Å². The van der Waals surface area contributed by atoms with Gasteiger partial charge in [-0.15, -0.1) is 0 Å². The van der Waals surface area contributed by atoms with Gasteiger partial charge in [0, 0.05) is 17.2 Å². The summed E-state index contributed by atoms with van der Waals surface area (Å²) in [4.78, 5) is 4.85. The van der Waals surface area contributed by atoms with E-state index in [-0.39, 0.29) is 6.71 Å². The van der Waals surface area contributed by atoms with Crippen molar-refractivity contribution in [2.45, 2.75) is 25.7 Å². The molecule has 0 fully saturated rings. The zero-order valence-electron chi connectivity index (χ0n) is 17.1. The first-order valence-electron chi connectivity index (χ1n) is 11.1. The van der Waals surface area contributed by atoms with E-state index in [9.17, 15) is 0 Å². The summed E-state index contributed by atoms with van der Waals surface area (Å²) in [5.41, 5.74) is 8.31. The van der Waals surface area contributed by atoms with Gasteiger partial charge in [0.05, 0.1) is 5.69 Å². The molecular weight excluding hydrogens is 381 g/mol. The maximum atomic E-state index is 6.55. The Hall–Kier alpha value is -3.53. The van der Waals surface area contributed by atoms with Crippen molar-refractivity contribution in [3.05, 3.63) is 84.1 Å². The fraction of sp³-hybridized carbons (Fsp3) is 0.148. The van der Waals surface area contributed by atoms with Gasteiger partial charge in [-0.05, 0) is 78.1 Å². The third-order valence-corrected chi connectivity index (χ3v) is 6.84. The molecular formula is C27H20BNO2. The van der Waals surface area contributed by atoms with Crippen LogP contribution in [-0.2, 0) is 12.8 Å².